The van der Waals surface area contributed by atoms with E-state index in [2.05, 4.69) is 10.6 Å². The van der Waals surface area contributed by atoms with Gasteiger partial charge in [-0.25, -0.2) is 0 Å². The van der Waals surface area contributed by atoms with E-state index in [1.54, 1.807) is 13.8 Å². The van der Waals surface area contributed by atoms with E-state index in [-0.39, 0.29) is 12.1 Å². The van der Waals surface area contributed by atoms with E-state index >= 15 is 0 Å². The number of hydrogen-bond acceptors (Lipinski definition) is 4. The van der Waals surface area contributed by atoms with Crippen LogP contribution in [0.15, 0.2) is 0 Å². The highest BCUT2D eigenvalue weighted by molar-refractivity contribution is 5.77. The summed E-state index contributed by atoms with van der Waals surface area (Å²) in [6.45, 7) is 4.80. The molecule has 2 saturated heterocycles. The van der Waals surface area contributed by atoms with Crippen LogP contribution in [0.2, 0.25) is 0 Å². The first-order valence-electron chi connectivity index (χ1n) is 6.24. The molecule has 2 heterocycles. The van der Waals surface area contributed by atoms with E-state index < -0.39 is 22.8 Å². The number of nitrogens with one attached hydrogen (secondary N) is 2. The first-order chi connectivity index (χ1) is 8.30. The summed E-state index contributed by atoms with van der Waals surface area (Å²) in [5.41, 5.74) is -1.74. The van der Waals surface area contributed by atoms with Gasteiger partial charge in [0.05, 0.1) is 10.8 Å². The van der Waals surface area contributed by atoms with E-state index in [1.165, 1.54) is 0 Å². The van der Waals surface area contributed by atoms with Crippen LogP contribution in [0.3, 0.4) is 0 Å². The molecule has 6 nitrogen and oxygen atoms in total. The van der Waals surface area contributed by atoms with Crippen molar-refractivity contribution in [2.24, 2.45) is 10.8 Å². The molecule has 0 radical (unpaired) electrons. The summed E-state index contributed by atoms with van der Waals surface area (Å²) in [6, 6.07) is -0.0552. The van der Waals surface area contributed by atoms with Gasteiger partial charge in [-0.05, 0) is 26.7 Å². The lowest BCUT2D eigenvalue weighted by molar-refractivity contribution is -0.153. The van der Waals surface area contributed by atoms with Crippen LogP contribution in [0.25, 0.3) is 0 Å². The van der Waals surface area contributed by atoms with Crippen LogP contribution in [-0.4, -0.2) is 47.3 Å². The Hall–Kier alpha value is -1.14. The van der Waals surface area contributed by atoms with E-state index in [0.29, 0.717) is 25.9 Å². The third-order valence-electron chi connectivity index (χ3n) is 4.50. The zero-order chi connectivity index (χ0) is 13.6. The molecule has 0 aromatic carbocycles. The second kappa shape index (κ2) is 4.20. The Kier molecular flexibility index (Phi) is 3.11. The van der Waals surface area contributed by atoms with Crippen molar-refractivity contribution in [1.82, 2.24) is 10.6 Å². The molecule has 0 spiro atoms. The number of carboxylic acid groups (broad SMARTS) is 2. The maximum atomic E-state index is 11.4. The summed E-state index contributed by atoms with van der Waals surface area (Å²) in [6.07, 6.45) is 0.752. The standard InChI is InChI=1S/C12H20N2O4/c1-11(9(15)16,7-5-13-7)3-4-12(2,10(17)18)8-6-14-8/h7-8,13-14H,3-6H2,1-2H3,(H,15,16)(H,17,18). The molecule has 4 N–H and O–H groups in total. The van der Waals surface area contributed by atoms with Gasteiger partial charge in [-0.3, -0.25) is 9.59 Å². The molecule has 18 heavy (non-hydrogen) atoms. The van der Waals surface area contributed by atoms with Gasteiger partial charge in [-0.15, -0.1) is 0 Å². The smallest absolute Gasteiger partial charge is 0.310 e. The lowest BCUT2D eigenvalue weighted by Gasteiger charge is -2.30. The average Bonchev–Trinajstić information content (AvgIpc) is 3.17. The first-order valence-corrected chi connectivity index (χ1v) is 6.24. The Morgan fingerprint density at radius 3 is 1.44 bits per heavy atom. The van der Waals surface area contributed by atoms with Crippen LogP contribution >= 0.6 is 0 Å². The Morgan fingerprint density at radius 2 is 1.28 bits per heavy atom. The summed E-state index contributed by atoms with van der Waals surface area (Å²) in [7, 11) is 0. The SMILES string of the molecule is CC(CCC(C)(C(=O)O)C1CN1)(C(=O)O)C1CN1. The fourth-order valence-electron chi connectivity index (χ4n) is 2.40. The van der Waals surface area contributed by atoms with Crippen molar-refractivity contribution >= 4 is 11.9 Å². The quantitative estimate of drug-likeness (QED) is 0.472. The summed E-state index contributed by atoms with van der Waals surface area (Å²) in [5, 5.41) is 24.7. The lowest BCUT2D eigenvalue weighted by atomic mass is 9.73. The van der Waals surface area contributed by atoms with Crippen LogP contribution in [0.4, 0.5) is 0 Å². The summed E-state index contributed by atoms with van der Waals surface area (Å²) >= 11 is 0. The van der Waals surface area contributed by atoms with E-state index in [9.17, 15) is 19.8 Å². The minimum absolute atomic E-state index is 0.0276. The molecule has 0 aromatic rings. The highest BCUT2D eigenvalue weighted by Crippen LogP contribution is 2.40. The molecule has 0 bridgehead atoms. The van der Waals surface area contributed by atoms with Gasteiger partial charge in [0, 0.05) is 25.2 Å². The van der Waals surface area contributed by atoms with Gasteiger partial charge < -0.3 is 20.8 Å². The molecular formula is C12H20N2O4. The second-order valence-electron chi connectivity index (χ2n) is 5.87. The molecule has 4 unspecified atom stereocenters. The Morgan fingerprint density at radius 1 is 1.00 bits per heavy atom. The van der Waals surface area contributed by atoms with E-state index in [4.69, 9.17) is 0 Å². The van der Waals surface area contributed by atoms with E-state index in [0.717, 1.165) is 0 Å². The van der Waals surface area contributed by atoms with Crippen LogP contribution in [0.5, 0.6) is 0 Å². The molecule has 102 valence electrons. The first kappa shape index (κ1) is 13.3. The monoisotopic (exact) mass is 256 g/mol. The molecule has 0 aliphatic carbocycles. The third kappa shape index (κ3) is 2.22. The van der Waals surface area contributed by atoms with Crippen LogP contribution in [-0.2, 0) is 9.59 Å². The van der Waals surface area contributed by atoms with E-state index in [1.807, 2.05) is 0 Å². The summed E-state index contributed by atoms with van der Waals surface area (Å²) in [4.78, 5) is 22.7. The predicted octanol–water partition coefficient (Wildman–Crippen LogP) is -0.108. The molecule has 2 rings (SSSR count). The van der Waals surface area contributed by atoms with Gasteiger partial charge in [0.2, 0.25) is 0 Å². The number of carbonyl (C=O) groups is 2. The van der Waals surface area contributed by atoms with Gasteiger partial charge in [-0.2, -0.15) is 0 Å². The van der Waals surface area contributed by atoms with Crippen molar-refractivity contribution < 1.29 is 19.8 Å². The maximum absolute atomic E-state index is 11.4. The number of aliphatic carboxylic acids is 2. The van der Waals surface area contributed by atoms with Crippen LogP contribution in [0, 0.1) is 10.8 Å². The topological polar surface area (TPSA) is 118 Å². The molecule has 6 heteroatoms. The van der Waals surface area contributed by atoms with Crippen LogP contribution in [0.1, 0.15) is 26.7 Å². The molecule has 2 fully saturated rings. The molecule has 2 aliphatic rings. The van der Waals surface area contributed by atoms with Crippen molar-refractivity contribution in [2.45, 2.75) is 38.8 Å². The Balaban J connectivity index is 2.04. The van der Waals surface area contributed by atoms with Crippen LogP contribution < -0.4 is 10.6 Å². The lowest BCUT2D eigenvalue weighted by Crippen LogP contribution is -2.40. The molecule has 0 amide bonds. The average molecular weight is 256 g/mol. The minimum atomic E-state index is -0.869. The molecule has 4 atom stereocenters. The third-order valence-corrected chi connectivity index (χ3v) is 4.50. The zero-order valence-electron chi connectivity index (χ0n) is 10.7. The summed E-state index contributed by atoms with van der Waals surface area (Å²) in [5.74, 6) is -1.71. The molecule has 0 saturated carbocycles. The van der Waals surface area contributed by atoms with Gasteiger partial charge >= 0.3 is 11.9 Å². The van der Waals surface area contributed by atoms with Gasteiger partial charge in [-0.1, -0.05) is 0 Å². The number of hydrogen-bond donors (Lipinski definition) is 4. The number of rotatable bonds is 7. The second-order valence-corrected chi connectivity index (χ2v) is 5.87. The fraction of sp³-hybridized carbons (Fsp3) is 0.833. The molecular weight excluding hydrogens is 236 g/mol. The van der Waals surface area contributed by atoms with Gasteiger partial charge in [0.15, 0.2) is 0 Å². The maximum Gasteiger partial charge on any atom is 0.310 e. The number of carboxylic acids is 2. The highest BCUT2D eigenvalue weighted by atomic mass is 16.4. The molecule has 0 aromatic heterocycles. The largest absolute Gasteiger partial charge is 0.481 e. The van der Waals surface area contributed by atoms with Gasteiger partial charge in [0.1, 0.15) is 0 Å². The van der Waals surface area contributed by atoms with Crippen molar-refractivity contribution in [3.05, 3.63) is 0 Å². The summed E-state index contributed by atoms with van der Waals surface area (Å²) < 4.78 is 0. The fourth-order valence-corrected chi connectivity index (χ4v) is 2.40. The Labute approximate surface area is 106 Å². The highest BCUT2D eigenvalue weighted by Gasteiger charge is 2.52. The van der Waals surface area contributed by atoms with Crippen molar-refractivity contribution in [3.63, 3.8) is 0 Å². The van der Waals surface area contributed by atoms with Crippen molar-refractivity contribution in [1.29, 1.82) is 0 Å². The minimum Gasteiger partial charge on any atom is -0.481 e. The normalized spacial score (nSPS) is 32.1. The van der Waals surface area contributed by atoms with Crippen molar-refractivity contribution in [2.75, 3.05) is 13.1 Å². The zero-order valence-corrected chi connectivity index (χ0v) is 10.7. The van der Waals surface area contributed by atoms with Gasteiger partial charge in [0.25, 0.3) is 0 Å². The van der Waals surface area contributed by atoms with Crippen molar-refractivity contribution in [3.8, 4) is 0 Å². The molecule has 2 aliphatic heterocycles. The Bertz CT molecular complexity index is 342. The predicted molar refractivity (Wildman–Crippen MR) is 64.3 cm³/mol.